The third-order valence-electron chi connectivity index (χ3n) is 4.15. The number of furan rings is 1. The Labute approximate surface area is 164 Å². The highest BCUT2D eigenvalue weighted by Gasteiger charge is 2.15. The predicted molar refractivity (Wildman–Crippen MR) is 103 cm³/mol. The van der Waals surface area contributed by atoms with Crippen LogP contribution in [0.2, 0.25) is 0 Å². The smallest absolute Gasteiger partial charge is 0.305 e. The Morgan fingerprint density at radius 2 is 1.76 bits per heavy atom. The molecule has 0 saturated carbocycles. The molecule has 0 aliphatic heterocycles. The van der Waals surface area contributed by atoms with Crippen LogP contribution in [0.5, 0.6) is 5.75 Å². The van der Waals surface area contributed by atoms with Gasteiger partial charge in [-0.3, -0.25) is 20.4 Å². The van der Waals surface area contributed by atoms with Crippen molar-refractivity contribution in [1.29, 1.82) is 0 Å². The summed E-state index contributed by atoms with van der Waals surface area (Å²) in [6.45, 7) is 0.157. The van der Waals surface area contributed by atoms with Crippen molar-refractivity contribution in [3.63, 3.8) is 0 Å². The lowest BCUT2D eigenvalue weighted by atomic mass is 10.2. The molecule has 0 saturated heterocycles. The summed E-state index contributed by atoms with van der Waals surface area (Å²) in [5.41, 5.74) is 5.11. The molecule has 0 fully saturated rings. The minimum Gasteiger partial charge on any atom is -0.486 e. The number of amides is 2. The Bertz CT molecular complexity index is 1170. The van der Waals surface area contributed by atoms with Crippen LogP contribution in [0.1, 0.15) is 26.8 Å². The number of H-pyrrole nitrogens is 1. The van der Waals surface area contributed by atoms with Gasteiger partial charge in [-0.15, -0.1) is 0 Å². The van der Waals surface area contributed by atoms with E-state index in [1.54, 1.807) is 12.1 Å². The zero-order chi connectivity index (χ0) is 20.2. The van der Waals surface area contributed by atoms with Gasteiger partial charge in [0.2, 0.25) is 0 Å². The third kappa shape index (κ3) is 4.11. The number of carbonyl (C=O) groups is 2. The molecular weight excluding hydrogens is 377 g/mol. The molecular formula is C21H16FN3O4. The van der Waals surface area contributed by atoms with Crippen LogP contribution in [-0.2, 0) is 6.61 Å². The number of hydrazine groups is 1. The normalized spacial score (nSPS) is 10.7. The molecule has 0 atom stereocenters. The van der Waals surface area contributed by atoms with Gasteiger partial charge in [-0.2, -0.15) is 0 Å². The second-order valence-corrected chi connectivity index (χ2v) is 6.16. The van der Waals surface area contributed by atoms with Crippen LogP contribution in [0.4, 0.5) is 4.39 Å². The van der Waals surface area contributed by atoms with Crippen molar-refractivity contribution in [2.45, 2.75) is 6.61 Å². The molecule has 4 rings (SSSR count). The fourth-order valence-corrected chi connectivity index (χ4v) is 2.73. The molecule has 3 N–H and O–H groups in total. The average molecular weight is 393 g/mol. The van der Waals surface area contributed by atoms with Crippen LogP contribution in [0.15, 0.2) is 71.1 Å². The highest BCUT2D eigenvalue weighted by Crippen LogP contribution is 2.18. The Morgan fingerprint density at radius 1 is 0.966 bits per heavy atom. The van der Waals surface area contributed by atoms with E-state index in [4.69, 9.17) is 9.15 Å². The van der Waals surface area contributed by atoms with E-state index in [9.17, 15) is 14.0 Å². The highest BCUT2D eigenvalue weighted by atomic mass is 19.1. The molecule has 7 nitrogen and oxygen atoms in total. The van der Waals surface area contributed by atoms with Crippen molar-refractivity contribution >= 4 is 22.7 Å². The molecule has 8 heteroatoms. The summed E-state index contributed by atoms with van der Waals surface area (Å²) in [7, 11) is 0. The summed E-state index contributed by atoms with van der Waals surface area (Å²) >= 11 is 0. The Kier molecular flexibility index (Phi) is 4.98. The van der Waals surface area contributed by atoms with Crippen molar-refractivity contribution in [3.05, 3.63) is 89.8 Å². The number of hydrogen-bond donors (Lipinski definition) is 3. The number of aromatic amines is 1. The summed E-state index contributed by atoms with van der Waals surface area (Å²) in [6.07, 6.45) is 0. The number of nitrogens with one attached hydrogen (secondary N) is 3. The van der Waals surface area contributed by atoms with Gasteiger partial charge in [0.25, 0.3) is 5.91 Å². The second kappa shape index (κ2) is 7.89. The minimum atomic E-state index is -0.633. The first kappa shape index (κ1) is 18.3. The zero-order valence-corrected chi connectivity index (χ0v) is 15.1. The van der Waals surface area contributed by atoms with E-state index < -0.39 is 17.6 Å². The molecule has 146 valence electrons. The number of benzene rings is 2. The number of hydrogen-bond acceptors (Lipinski definition) is 4. The molecule has 0 aliphatic rings. The highest BCUT2D eigenvalue weighted by molar-refractivity contribution is 6.00. The van der Waals surface area contributed by atoms with Crippen LogP contribution in [0.25, 0.3) is 10.9 Å². The van der Waals surface area contributed by atoms with E-state index in [0.717, 1.165) is 0 Å². The van der Waals surface area contributed by atoms with Gasteiger partial charge in [-0.05, 0) is 42.5 Å². The fourth-order valence-electron chi connectivity index (χ4n) is 2.73. The monoisotopic (exact) mass is 393 g/mol. The van der Waals surface area contributed by atoms with Gasteiger partial charge in [0.15, 0.2) is 5.76 Å². The van der Waals surface area contributed by atoms with Gasteiger partial charge in [0, 0.05) is 10.9 Å². The largest absolute Gasteiger partial charge is 0.486 e. The number of halogens is 1. The van der Waals surface area contributed by atoms with Crippen molar-refractivity contribution in [3.8, 4) is 5.75 Å². The van der Waals surface area contributed by atoms with Crippen molar-refractivity contribution in [1.82, 2.24) is 15.8 Å². The van der Waals surface area contributed by atoms with Crippen molar-refractivity contribution in [2.75, 3.05) is 0 Å². The van der Waals surface area contributed by atoms with Gasteiger partial charge in [0.05, 0.1) is 0 Å². The molecule has 0 spiro atoms. The van der Waals surface area contributed by atoms with Crippen LogP contribution >= 0.6 is 0 Å². The topological polar surface area (TPSA) is 96.4 Å². The van der Waals surface area contributed by atoms with E-state index in [1.165, 1.54) is 24.3 Å². The summed E-state index contributed by atoms with van der Waals surface area (Å²) in [6, 6.07) is 18.1. The van der Waals surface area contributed by atoms with Gasteiger partial charge in [-0.25, -0.2) is 4.39 Å². The summed E-state index contributed by atoms with van der Waals surface area (Å²) < 4.78 is 24.7. The summed E-state index contributed by atoms with van der Waals surface area (Å²) in [4.78, 5) is 27.2. The lowest BCUT2D eigenvalue weighted by Gasteiger charge is -2.05. The molecule has 0 radical (unpaired) electrons. The van der Waals surface area contributed by atoms with Gasteiger partial charge < -0.3 is 14.1 Å². The number of fused-ring (bicyclic) bond motifs is 1. The summed E-state index contributed by atoms with van der Waals surface area (Å²) in [5, 5.41) is 0.290. The lowest BCUT2D eigenvalue weighted by molar-refractivity contribution is 0.0826. The van der Waals surface area contributed by atoms with Gasteiger partial charge in [-0.1, -0.05) is 24.3 Å². The Balaban J connectivity index is 1.34. The molecule has 2 heterocycles. The zero-order valence-electron chi connectivity index (χ0n) is 15.1. The molecule has 29 heavy (non-hydrogen) atoms. The number of ether oxygens (including phenoxy) is 1. The van der Waals surface area contributed by atoms with E-state index in [-0.39, 0.29) is 23.4 Å². The summed E-state index contributed by atoms with van der Waals surface area (Å²) in [5.74, 6) is -0.546. The van der Waals surface area contributed by atoms with Gasteiger partial charge in [0.1, 0.15) is 29.6 Å². The lowest BCUT2D eigenvalue weighted by Crippen LogP contribution is -2.41. The Morgan fingerprint density at radius 3 is 2.55 bits per heavy atom. The third-order valence-corrected chi connectivity index (χ3v) is 4.15. The molecule has 0 bridgehead atoms. The maximum atomic E-state index is 13.7. The maximum Gasteiger partial charge on any atom is 0.305 e. The minimum absolute atomic E-state index is 0.0136. The second-order valence-electron chi connectivity index (χ2n) is 6.16. The SMILES string of the molecule is O=C(NNC(=O)c1ccc(COc2ccccc2)o1)c1cc2c(F)cccc2[nH]1. The number of aromatic nitrogens is 1. The van der Waals surface area contributed by atoms with E-state index in [1.807, 2.05) is 30.3 Å². The predicted octanol–water partition coefficient (Wildman–Crippen LogP) is 3.55. The van der Waals surface area contributed by atoms with Crippen molar-refractivity contribution < 1.29 is 23.1 Å². The maximum absolute atomic E-state index is 13.7. The average Bonchev–Trinajstić information content (AvgIpc) is 3.39. The Hall–Kier alpha value is -4.07. The quantitative estimate of drug-likeness (QED) is 0.452. The first-order valence-corrected chi connectivity index (χ1v) is 8.74. The number of carbonyl (C=O) groups excluding carboxylic acids is 2. The van der Waals surface area contributed by atoms with Gasteiger partial charge >= 0.3 is 5.91 Å². The standard InChI is InChI=1S/C21H16FN3O4/c22-16-7-4-8-17-15(16)11-18(23-17)20(26)24-25-21(27)19-10-9-14(29-19)12-28-13-5-2-1-3-6-13/h1-11,23H,12H2,(H,24,26)(H,25,27). The molecule has 0 unspecified atom stereocenters. The van der Waals surface area contributed by atoms with Crippen molar-refractivity contribution in [2.24, 2.45) is 0 Å². The molecule has 2 amide bonds. The van der Waals surface area contributed by atoms with Crippen LogP contribution in [0.3, 0.4) is 0 Å². The van der Waals surface area contributed by atoms with E-state index in [2.05, 4.69) is 15.8 Å². The number of rotatable bonds is 5. The first-order chi connectivity index (χ1) is 14.1. The van der Waals surface area contributed by atoms with E-state index >= 15 is 0 Å². The van der Waals surface area contributed by atoms with Crippen LogP contribution < -0.4 is 15.6 Å². The first-order valence-electron chi connectivity index (χ1n) is 8.74. The number of para-hydroxylation sites is 1. The molecule has 2 aromatic heterocycles. The van der Waals surface area contributed by atoms with E-state index in [0.29, 0.717) is 17.0 Å². The molecule has 2 aromatic carbocycles. The van der Waals surface area contributed by atoms with Crippen LogP contribution in [-0.4, -0.2) is 16.8 Å². The molecule has 0 aliphatic carbocycles. The fraction of sp³-hybridized carbons (Fsp3) is 0.0476. The molecule has 4 aromatic rings. The van der Waals surface area contributed by atoms with Crippen LogP contribution in [0, 0.1) is 5.82 Å².